The van der Waals surface area contributed by atoms with E-state index in [1.54, 1.807) is 0 Å². The van der Waals surface area contributed by atoms with E-state index in [2.05, 4.69) is 45.2 Å². The maximum absolute atomic E-state index is 13.0. The van der Waals surface area contributed by atoms with Crippen molar-refractivity contribution in [1.29, 1.82) is 0 Å². The molecule has 3 atom stereocenters. The van der Waals surface area contributed by atoms with Crippen molar-refractivity contribution in [2.45, 2.75) is 37.8 Å². The third-order valence-corrected chi connectivity index (χ3v) is 6.49. The van der Waals surface area contributed by atoms with Gasteiger partial charge in [0.1, 0.15) is 6.04 Å². The monoisotopic (exact) mass is 412 g/mol. The number of aliphatic imine (C=N–C) groups is 1. The number of nitrogens with zero attached hydrogens (tertiary/aromatic N) is 3. The van der Waals surface area contributed by atoms with Crippen LogP contribution in [0.1, 0.15) is 24.0 Å². The molecule has 5 rings (SSSR count). The highest BCUT2D eigenvalue weighted by Crippen LogP contribution is 2.28. The number of carbonyl (C=O) groups excluding carboxylic acids is 1. The molecule has 0 amide bonds. The van der Waals surface area contributed by atoms with Crippen LogP contribution in [0.4, 0.5) is 5.69 Å². The number of rotatable bonds is 5. The zero-order valence-electron chi connectivity index (χ0n) is 17.7. The van der Waals surface area contributed by atoms with Crippen molar-refractivity contribution in [3.63, 3.8) is 0 Å². The van der Waals surface area contributed by atoms with Gasteiger partial charge >= 0.3 is 0 Å². The van der Waals surface area contributed by atoms with Crippen LogP contribution < -0.4 is 10.6 Å². The van der Waals surface area contributed by atoms with Crippen LogP contribution in [0.25, 0.3) is 10.9 Å². The predicted molar refractivity (Wildman–Crippen MR) is 126 cm³/mol. The molecule has 0 aliphatic carbocycles. The summed E-state index contributed by atoms with van der Waals surface area (Å²) in [4.78, 5) is 24.5. The topological polar surface area (TPSA) is 71.6 Å². The molecular formula is C26H28N4O. The first-order valence-electron chi connectivity index (χ1n) is 11.2. The second-order valence-electron chi connectivity index (χ2n) is 8.74. The molecule has 0 radical (unpaired) electrons. The lowest BCUT2D eigenvalue weighted by atomic mass is 9.91. The maximum atomic E-state index is 13.0. The van der Waals surface area contributed by atoms with Gasteiger partial charge in [0.25, 0.3) is 0 Å². The van der Waals surface area contributed by atoms with Crippen LogP contribution in [0.5, 0.6) is 0 Å². The van der Waals surface area contributed by atoms with E-state index < -0.39 is 0 Å². The third-order valence-electron chi connectivity index (χ3n) is 6.49. The van der Waals surface area contributed by atoms with Gasteiger partial charge in [-0.25, -0.2) is 0 Å². The molecule has 1 saturated heterocycles. The first kappa shape index (κ1) is 19.9. The fourth-order valence-corrected chi connectivity index (χ4v) is 4.79. The molecule has 3 aromatic rings. The first-order valence-corrected chi connectivity index (χ1v) is 11.2. The van der Waals surface area contributed by atoms with Crippen molar-refractivity contribution >= 4 is 28.6 Å². The second-order valence-corrected chi connectivity index (χ2v) is 8.74. The molecule has 5 heteroatoms. The predicted octanol–water partition coefficient (Wildman–Crippen LogP) is 3.59. The van der Waals surface area contributed by atoms with E-state index in [1.165, 1.54) is 5.69 Å². The van der Waals surface area contributed by atoms with Gasteiger partial charge in [0.2, 0.25) is 0 Å². The highest BCUT2D eigenvalue weighted by Gasteiger charge is 2.31. The van der Waals surface area contributed by atoms with Crippen LogP contribution in [0.2, 0.25) is 0 Å². The summed E-state index contributed by atoms with van der Waals surface area (Å²) in [6.07, 6.45) is 7.24. The first-order chi connectivity index (χ1) is 15.2. The second kappa shape index (κ2) is 8.60. The molecular weight excluding hydrogens is 384 g/mol. The number of ketones is 1. The van der Waals surface area contributed by atoms with E-state index in [4.69, 9.17) is 5.73 Å². The zero-order chi connectivity index (χ0) is 21.2. The Morgan fingerprint density at radius 3 is 2.77 bits per heavy atom. The third kappa shape index (κ3) is 4.23. The summed E-state index contributed by atoms with van der Waals surface area (Å²) >= 11 is 0. The lowest BCUT2D eigenvalue weighted by Gasteiger charge is -2.32. The van der Waals surface area contributed by atoms with Crippen LogP contribution in [0.15, 0.2) is 65.8 Å². The Hall–Kier alpha value is -3.05. The fourth-order valence-electron chi connectivity index (χ4n) is 4.79. The summed E-state index contributed by atoms with van der Waals surface area (Å²) in [5.74, 6) is 0.0401. The molecule has 2 aromatic carbocycles. The Labute approximate surface area is 183 Å². The molecule has 1 aromatic heterocycles. The van der Waals surface area contributed by atoms with Crippen LogP contribution in [-0.2, 0) is 17.6 Å². The van der Waals surface area contributed by atoms with Crippen molar-refractivity contribution in [3.05, 3.63) is 71.9 Å². The number of anilines is 1. The highest BCUT2D eigenvalue weighted by molar-refractivity contribution is 6.04. The van der Waals surface area contributed by atoms with Crippen molar-refractivity contribution in [2.24, 2.45) is 16.6 Å². The van der Waals surface area contributed by atoms with Crippen molar-refractivity contribution in [2.75, 3.05) is 18.0 Å². The van der Waals surface area contributed by atoms with Gasteiger partial charge in [-0.1, -0.05) is 30.3 Å². The SMILES string of the molecule is N[C@H]1CCCN(c2ccc3nccc(CC4C=NC(Cc5ccccc5)C4=O)c3c2)C1. The molecule has 2 unspecified atom stereocenters. The Kier molecular flexibility index (Phi) is 5.51. The minimum Gasteiger partial charge on any atom is -0.370 e. The van der Waals surface area contributed by atoms with E-state index in [0.717, 1.165) is 48.0 Å². The lowest BCUT2D eigenvalue weighted by Crippen LogP contribution is -2.42. The van der Waals surface area contributed by atoms with E-state index in [1.807, 2.05) is 36.7 Å². The quantitative estimate of drug-likeness (QED) is 0.695. The molecule has 2 aliphatic heterocycles. The Balaban J connectivity index is 1.36. The van der Waals surface area contributed by atoms with E-state index in [9.17, 15) is 4.79 Å². The zero-order valence-corrected chi connectivity index (χ0v) is 17.7. The van der Waals surface area contributed by atoms with Gasteiger partial charge in [0.05, 0.1) is 11.4 Å². The average molecular weight is 413 g/mol. The summed E-state index contributed by atoms with van der Waals surface area (Å²) < 4.78 is 0. The van der Waals surface area contributed by atoms with Gasteiger partial charge in [-0.2, -0.15) is 0 Å². The van der Waals surface area contributed by atoms with Crippen LogP contribution in [-0.4, -0.2) is 42.2 Å². The number of hydrogen-bond acceptors (Lipinski definition) is 5. The average Bonchev–Trinajstić information content (AvgIpc) is 3.13. The fraction of sp³-hybridized carbons (Fsp3) is 0.346. The molecule has 0 saturated carbocycles. The number of piperidine rings is 1. The number of aromatic nitrogens is 1. The number of hydrogen-bond donors (Lipinski definition) is 1. The van der Waals surface area contributed by atoms with E-state index >= 15 is 0 Å². The maximum Gasteiger partial charge on any atom is 0.166 e. The summed E-state index contributed by atoms with van der Waals surface area (Å²) in [7, 11) is 0. The molecule has 5 nitrogen and oxygen atoms in total. The minimum atomic E-state index is -0.272. The van der Waals surface area contributed by atoms with Gasteiger partial charge < -0.3 is 10.6 Å². The summed E-state index contributed by atoms with van der Waals surface area (Å²) in [5, 5.41) is 1.12. The minimum absolute atomic E-state index is 0.175. The van der Waals surface area contributed by atoms with Gasteiger partial charge in [-0.3, -0.25) is 14.8 Å². The Morgan fingerprint density at radius 2 is 1.94 bits per heavy atom. The number of benzene rings is 2. The molecule has 2 aliphatic rings. The largest absolute Gasteiger partial charge is 0.370 e. The molecule has 0 spiro atoms. The summed E-state index contributed by atoms with van der Waals surface area (Å²) in [5.41, 5.74) is 10.6. The van der Waals surface area contributed by atoms with Gasteiger partial charge in [0, 0.05) is 49.0 Å². The number of fused-ring (bicyclic) bond motifs is 1. The Morgan fingerprint density at radius 1 is 1.06 bits per heavy atom. The van der Waals surface area contributed by atoms with Crippen molar-refractivity contribution in [1.82, 2.24) is 4.98 Å². The van der Waals surface area contributed by atoms with Crippen molar-refractivity contribution < 1.29 is 4.79 Å². The smallest absolute Gasteiger partial charge is 0.166 e. The van der Waals surface area contributed by atoms with Gasteiger partial charge in [-0.05, 0) is 54.7 Å². The normalized spacial score (nSPS) is 23.6. The molecule has 3 heterocycles. The van der Waals surface area contributed by atoms with Gasteiger partial charge in [0.15, 0.2) is 5.78 Å². The summed E-state index contributed by atoms with van der Waals surface area (Å²) in [6.45, 7) is 1.92. The number of carbonyl (C=O) groups is 1. The molecule has 2 N–H and O–H groups in total. The molecule has 0 bridgehead atoms. The van der Waals surface area contributed by atoms with Gasteiger partial charge in [-0.15, -0.1) is 0 Å². The number of pyridine rings is 1. The highest BCUT2D eigenvalue weighted by atomic mass is 16.1. The van der Waals surface area contributed by atoms with Crippen molar-refractivity contribution in [3.8, 4) is 0 Å². The van der Waals surface area contributed by atoms with Crippen LogP contribution >= 0.6 is 0 Å². The summed E-state index contributed by atoms with van der Waals surface area (Å²) in [6, 6.07) is 18.5. The van der Waals surface area contributed by atoms with E-state index in [0.29, 0.717) is 12.8 Å². The van der Waals surface area contributed by atoms with Crippen LogP contribution in [0, 0.1) is 5.92 Å². The van der Waals surface area contributed by atoms with Crippen LogP contribution in [0.3, 0.4) is 0 Å². The number of nitrogens with two attached hydrogens (primary N) is 1. The lowest BCUT2D eigenvalue weighted by molar-refractivity contribution is -0.121. The Bertz CT molecular complexity index is 1110. The molecule has 1 fully saturated rings. The molecule has 158 valence electrons. The number of Topliss-reactive ketones (excluding diaryl/α,β-unsaturated/α-hetero) is 1. The van der Waals surface area contributed by atoms with E-state index in [-0.39, 0.29) is 23.8 Å². The standard InChI is InChI=1S/C26H28N4O/c27-21-7-4-12-30(17-21)22-8-9-24-23(15-22)19(10-11-28-24)14-20-16-29-25(26(20)31)13-18-5-2-1-3-6-18/h1-3,5-6,8-11,15-16,20-21,25H,4,7,12-14,17,27H2/t20?,21-,25?/m0/s1. The molecule has 31 heavy (non-hydrogen) atoms.